The van der Waals surface area contributed by atoms with Crippen LogP contribution in [-0.2, 0) is 14.4 Å². The lowest BCUT2D eigenvalue weighted by Crippen LogP contribution is -2.57. The number of rotatable bonds is 2. The van der Waals surface area contributed by atoms with Crippen LogP contribution in [0.3, 0.4) is 0 Å². The Morgan fingerprint density at radius 2 is 2.04 bits per heavy atom. The molecule has 0 amide bonds. The standard InChI is InChI=1S/C22H28O4/c1-12-8-14-15-4-5-16(19(26)11-23)22(15,3)10-18(25)20(14)21(2)7-6-13(24)9-17(12)21/h6-7,9,11-12,14-16,18,20,25H,4-5,8,10H2,1-3H3. The van der Waals surface area contributed by atoms with E-state index in [0.717, 1.165) is 24.8 Å². The first-order valence-corrected chi connectivity index (χ1v) is 9.84. The largest absolute Gasteiger partial charge is 0.393 e. The molecule has 0 saturated heterocycles. The van der Waals surface area contributed by atoms with Crippen LogP contribution in [0.4, 0.5) is 0 Å². The molecule has 0 aliphatic heterocycles. The molecule has 8 unspecified atom stereocenters. The number of aldehydes is 1. The Hall–Kier alpha value is -1.55. The summed E-state index contributed by atoms with van der Waals surface area (Å²) in [4.78, 5) is 35.3. The summed E-state index contributed by atoms with van der Waals surface area (Å²) in [6.45, 7) is 6.44. The quantitative estimate of drug-likeness (QED) is 0.610. The van der Waals surface area contributed by atoms with E-state index >= 15 is 0 Å². The molecule has 0 radical (unpaired) electrons. The number of ketones is 2. The van der Waals surface area contributed by atoms with Gasteiger partial charge in [-0.25, -0.2) is 0 Å². The molecular formula is C22H28O4. The third-order valence-electron chi connectivity index (χ3n) is 8.27. The van der Waals surface area contributed by atoms with Crippen molar-refractivity contribution < 1.29 is 19.5 Å². The molecule has 4 heteroatoms. The number of allylic oxidation sites excluding steroid dienone is 4. The van der Waals surface area contributed by atoms with Crippen LogP contribution in [0.15, 0.2) is 23.8 Å². The van der Waals surface area contributed by atoms with Crippen molar-refractivity contribution in [3.63, 3.8) is 0 Å². The lowest BCUT2D eigenvalue weighted by atomic mass is 9.45. The van der Waals surface area contributed by atoms with E-state index in [1.54, 1.807) is 12.2 Å². The Morgan fingerprint density at radius 1 is 1.31 bits per heavy atom. The van der Waals surface area contributed by atoms with Gasteiger partial charge in [0.1, 0.15) is 0 Å². The Labute approximate surface area is 154 Å². The van der Waals surface area contributed by atoms with Gasteiger partial charge in [-0.2, -0.15) is 0 Å². The molecule has 3 fully saturated rings. The first kappa shape index (κ1) is 17.8. The maximum Gasteiger partial charge on any atom is 0.198 e. The van der Waals surface area contributed by atoms with Crippen molar-refractivity contribution in [1.29, 1.82) is 0 Å². The van der Waals surface area contributed by atoms with Crippen molar-refractivity contribution in [1.82, 2.24) is 0 Å². The van der Waals surface area contributed by atoms with Crippen molar-refractivity contribution in [3.8, 4) is 0 Å². The fourth-order valence-electron chi connectivity index (χ4n) is 7.30. The zero-order valence-electron chi connectivity index (χ0n) is 15.8. The number of fused-ring (bicyclic) bond motifs is 5. The molecule has 0 aromatic heterocycles. The second-order valence-electron chi connectivity index (χ2n) is 9.48. The second kappa shape index (κ2) is 5.72. The molecule has 1 N–H and O–H groups in total. The van der Waals surface area contributed by atoms with Crippen LogP contribution in [-0.4, -0.2) is 29.1 Å². The molecule has 4 aliphatic rings. The number of carbonyl (C=O) groups is 3. The third kappa shape index (κ3) is 2.20. The van der Waals surface area contributed by atoms with Crippen molar-refractivity contribution in [2.75, 3.05) is 0 Å². The van der Waals surface area contributed by atoms with Gasteiger partial charge in [0.2, 0.25) is 0 Å². The summed E-state index contributed by atoms with van der Waals surface area (Å²) in [6, 6.07) is 0. The summed E-state index contributed by atoms with van der Waals surface area (Å²) in [7, 11) is 0. The molecule has 4 nitrogen and oxygen atoms in total. The molecule has 8 atom stereocenters. The van der Waals surface area contributed by atoms with Crippen molar-refractivity contribution in [2.45, 2.75) is 52.6 Å². The van der Waals surface area contributed by atoms with Gasteiger partial charge in [0.25, 0.3) is 0 Å². The van der Waals surface area contributed by atoms with Crippen LogP contribution < -0.4 is 0 Å². The highest BCUT2D eigenvalue weighted by Crippen LogP contribution is 2.66. The highest BCUT2D eigenvalue weighted by atomic mass is 16.3. The Balaban J connectivity index is 1.76. The summed E-state index contributed by atoms with van der Waals surface area (Å²) in [5.41, 5.74) is 0.542. The van der Waals surface area contributed by atoms with Crippen molar-refractivity contribution >= 4 is 17.9 Å². The number of carbonyl (C=O) groups excluding carboxylic acids is 3. The zero-order chi connectivity index (χ0) is 18.9. The Bertz CT molecular complexity index is 734. The molecule has 140 valence electrons. The fraction of sp³-hybridized carbons (Fsp3) is 0.682. The highest BCUT2D eigenvalue weighted by molar-refractivity contribution is 6.26. The number of hydrogen-bond donors (Lipinski definition) is 1. The maximum absolute atomic E-state index is 12.2. The fourth-order valence-corrected chi connectivity index (χ4v) is 7.30. The van der Waals surface area contributed by atoms with Gasteiger partial charge in [-0.3, -0.25) is 14.4 Å². The smallest absolute Gasteiger partial charge is 0.198 e. The van der Waals surface area contributed by atoms with Gasteiger partial charge in [0.15, 0.2) is 17.9 Å². The topological polar surface area (TPSA) is 71.4 Å². The molecule has 0 heterocycles. The van der Waals surface area contributed by atoms with E-state index in [1.807, 2.05) is 6.08 Å². The van der Waals surface area contributed by atoms with Crippen molar-refractivity contribution in [3.05, 3.63) is 23.8 Å². The number of Topliss-reactive ketones (excluding diaryl/α,β-unsaturated/α-hetero) is 1. The number of aliphatic hydroxyl groups excluding tert-OH is 1. The summed E-state index contributed by atoms with van der Waals surface area (Å²) < 4.78 is 0. The first-order valence-electron chi connectivity index (χ1n) is 9.84. The minimum Gasteiger partial charge on any atom is -0.393 e. The Kier molecular flexibility index (Phi) is 3.93. The monoisotopic (exact) mass is 356 g/mol. The van der Waals surface area contributed by atoms with Crippen LogP contribution >= 0.6 is 0 Å². The number of aliphatic hydroxyl groups is 1. The van der Waals surface area contributed by atoms with E-state index in [9.17, 15) is 19.5 Å². The van der Waals surface area contributed by atoms with Gasteiger partial charge < -0.3 is 5.11 Å². The third-order valence-corrected chi connectivity index (χ3v) is 8.27. The van der Waals surface area contributed by atoms with E-state index in [1.165, 1.54) is 0 Å². The SMILES string of the molecule is CC1CC2C(C(O)CC3(C)C(C(=O)C=O)CCC23)C2(C)C=CC(=O)C=C12. The van der Waals surface area contributed by atoms with Crippen LogP contribution in [0.2, 0.25) is 0 Å². The summed E-state index contributed by atoms with van der Waals surface area (Å²) in [5, 5.41) is 11.2. The first-order chi connectivity index (χ1) is 12.2. The second-order valence-corrected chi connectivity index (χ2v) is 9.48. The molecule has 0 spiro atoms. The van der Waals surface area contributed by atoms with Gasteiger partial charge in [-0.05, 0) is 61.0 Å². The highest BCUT2D eigenvalue weighted by Gasteiger charge is 2.63. The molecule has 3 saturated carbocycles. The molecule has 0 bridgehead atoms. The molecular weight excluding hydrogens is 328 g/mol. The van der Waals surface area contributed by atoms with Crippen LogP contribution in [0.5, 0.6) is 0 Å². The van der Waals surface area contributed by atoms with E-state index in [2.05, 4.69) is 20.8 Å². The van der Waals surface area contributed by atoms with Crippen LogP contribution in [0.25, 0.3) is 0 Å². The van der Waals surface area contributed by atoms with Gasteiger partial charge in [-0.15, -0.1) is 0 Å². The Morgan fingerprint density at radius 3 is 2.73 bits per heavy atom. The minimum atomic E-state index is -0.528. The van der Waals surface area contributed by atoms with Crippen LogP contribution in [0.1, 0.15) is 46.5 Å². The van der Waals surface area contributed by atoms with Crippen molar-refractivity contribution in [2.24, 2.45) is 40.4 Å². The average molecular weight is 356 g/mol. The molecule has 4 rings (SSSR count). The molecule has 26 heavy (non-hydrogen) atoms. The van der Waals surface area contributed by atoms with Crippen LogP contribution in [0, 0.1) is 40.4 Å². The molecule has 0 aromatic carbocycles. The number of hydrogen-bond acceptors (Lipinski definition) is 4. The lowest BCUT2D eigenvalue weighted by molar-refractivity contribution is -0.145. The maximum atomic E-state index is 12.2. The molecule has 4 aliphatic carbocycles. The zero-order valence-corrected chi connectivity index (χ0v) is 15.8. The van der Waals surface area contributed by atoms with Gasteiger partial charge in [-0.1, -0.05) is 32.4 Å². The summed E-state index contributed by atoms with van der Waals surface area (Å²) in [5.74, 6) is 0.474. The lowest BCUT2D eigenvalue weighted by Gasteiger charge is -2.60. The van der Waals surface area contributed by atoms with E-state index in [-0.39, 0.29) is 40.2 Å². The van der Waals surface area contributed by atoms with Gasteiger partial charge >= 0.3 is 0 Å². The van der Waals surface area contributed by atoms with E-state index < -0.39 is 6.10 Å². The minimum absolute atomic E-state index is 0.0374. The normalized spacial score (nSPS) is 49.7. The predicted molar refractivity (Wildman–Crippen MR) is 97.1 cm³/mol. The summed E-state index contributed by atoms with van der Waals surface area (Å²) >= 11 is 0. The van der Waals surface area contributed by atoms with E-state index in [4.69, 9.17) is 0 Å². The summed E-state index contributed by atoms with van der Waals surface area (Å²) in [6.07, 6.45) is 8.55. The predicted octanol–water partition coefficient (Wildman–Crippen LogP) is 2.90. The van der Waals surface area contributed by atoms with Gasteiger partial charge in [0.05, 0.1) is 6.10 Å². The molecule has 0 aromatic rings. The average Bonchev–Trinajstić information content (AvgIpc) is 2.92. The van der Waals surface area contributed by atoms with Gasteiger partial charge in [0, 0.05) is 17.3 Å². The van der Waals surface area contributed by atoms with E-state index in [0.29, 0.717) is 24.5 Å².